The van der Waals surface area contributed by atoms with E-state index in [0.717, 1.165) is 5.08 Å². The van der Waals surface area contributed by atoms with Gasteiger partial charge in [0.2, 0.25) is 0 Å². The normalized spacial score (nSPS) is 12.9. The fraction of sp³-hybridized carbons (Fsp3) is 0.200. The van der Waals surface area contributed by atoms with Crippen molar-refractivity contribution >= 4 is 56.9 Å². The van der Waals surface area contributed by atoms with E-state index in [4.69, 9.17) is 11.8 Å². The summed E-state index contributed by atoms with van der Waals surface area (Å²) in [4.78, 5) is 0. The zero-order valence-electron chi connectivity index (χ0n) is 11.6. The molecule has 20 heavy (non-hydrogen) atoms. The molecule has 0 aromatic heterocycles. The molecule has 0 saturated carbocycles. The molecule has 0 spiro atoms. The number of thiol groups is 1. The minimum absolute atomic E-state index is 0.799. The summed E-state index contributed by atoms with van der Waals surface area (Å²) >= 11 is 13.5. The highest BCUT2D eigenvalue weighted by molar-refractivity contribution is 9.02. The number of hydrogen-bond acceptors (Lipinski definition) is 4. The summed E-state index contributed by atoms with van der Waals surface area (Å²) in [5.74, 6) is 0. The van der Waals surface area contributed by atoms with E-state index in [0.29, 0.717) is 0 Å². The molecule has 0 amide bonds. The topological polar surface area (TPSA) is 0 Å². The lowest BCUT2D eigenvalue weighted by Gasteiger charge is -2.17. The van der Waals surface area contributed by atoms with Crippen LogP contribution in [0, 0.1) is 6.92 Å². The van der Waals surface area contributed by atoms with Crippen LogP contribution in [-0.4, -0.2) is 11.3 Å². The van der Waals surface area contributed by atoms with Crippen LogP contribution in [0.4, 0.5) is 0 Å². The first kappa shape index (κ1) is 18.2. The van der Waals surface area contributed by atoms with Crippen molar-refractivity contribution in [2.24, 2.45) is 0 Å². The monoisotopic (exact) mass is 358 g/mol. The molecule has 1 atom stereocenters. The molecule has 0 aliphatic heterocycles. The van der Waals surface area contributed by atoms with Crippen molar-refractivity contribution < 1.29 is 0 Å². The third-order valence-corrected chi connectivity index (χ3v) is 14.7. The molecule has 0 N–H and O–H groups in total. The zero-order valence-corrected chi connectivity index (χ0v) is 15.8. The molecular formula is C15H19PS4. The van der Waals surface area contributed by atoms with Crippen molar-refractivity contribution in [2.45, 2.75) is 6.92 Å². The van der Waals surface area contributed by atoms with Crippen LogP contribution in [-0.2, 0) is 11.8 Å². The Labute approximate surface area is 141 Å². The SMILES string of the molecule is CSP(=S)(SCS)c1ccccc1.Cc1ccccc1. The van der Waals surface area contributed by atoms with Crippen LogP contribution in [0.2, 0.25) is 0 Å². The van der Waals surface area contributed by atoms with Gasteiger partial charge in [0.25, 0.3) is 0 Å². The second-order valence-corrected chi connectivity index (χ2v) is 16.0. The summed E-state index contributed by atoms with van der Waals surface area (Å²) < 4.78 is -1.46. The van der Waals surface area contributed by atoms with E-state index >= 15 is 0 Å². The Morgan fingerprint density at radius 3 is 1.85 bits per heavy atom. The van der Waals surface area contributed by atoms with E-state index in [9.17, 15) is 0 Å². The number of aryl methyl sites for hydroxylation is 1. The lowest BCUT2D eigenvalue weighted by molar-refractivity contribution is 1.48. The average molecular weight is 359 g/mol. The Bertz CT molecular complexity index is 528. The molecule has 0 bridgehead atoms. The van der Waals surface area contributed by atoms with Crippen LogP contribution in [0.25, 0.3) is 0 Å². The van der Waals surface area contributed by atoms with E-state index in [1.54, 1.807) is 22.8 Å². The number of hydrogen-bond donors (Lipinski definition) is 1. The first-order chi connectivity index (χ1) is 9.62. The van der Waals surface area contributed by atoms with E-state index in [1.165, 1.54) is 10.9 Å². The van der Waals surface area contributed by atoms with Crippen LogP contribution in [0.1, 0.15) is 5.56 Å². The largest absolute Gasteiger partial charge is 0.168 e. The fourth-order valence-corrected chi connectivity index (χ4v) is 10.4. The maximum absolute atomic E-state index is 5.66. The summed E-state index contributed by atoms with van der Waals surface area (Å²) in [7, 11) is 0. The Morgan fingerprint density at radius 1 is 1.00 bits per heavy atom. The summed E-state index contributed by atoms with van der Waals surface area (Å²) in [6.45, 7) is 2.08. The van der Waals surface area contributed by atoms with Crippen molar-refractivity contribution in [1.29, 1.82) is 0 Å². The fourth-order valence-electron chi connectivity index (χ4n) is 1.45. The van der Waals surface area contributed by atoms with Gasteiger partial charge in [-0.3, -0.25) is 0 Å². The molecule has 108 valence electrons. The van der Waals surface area contributed by atoms with Gasteiger partial charge in [-0.2, -0.15) is 12.6 Å². The second kappa shape index (κ2) is 9.97. The van der Waals surface area contributed by atoms with Gasteiger partial charge in [-0.1, -0.05) is 89.4 Å². The Balaban J connectivity index is 0.000000240. The van der Waals surface area contributed by atoms with Crippen molar-refractivity contribution in [1.82, 2.24) is 0 Å². The van der Waals surface area contributed by atoms with E-state index in [2.05, 4.69) is 50.1 Å². The van der Waals surface area contributed by atoms with Gasteiger partial charge in [-0.25, -0.2) is 0 Å². The molecule has 2 aromatic carbocycles. The van der Waals surface area contributed by atoms with Crippen molar-refractivity contribution in [3.8, 4) is 0 Å². The molecular weight excluding hydrogens is 339 g/mol. The second-order valence-electron chi connectivity index (χ2n) is 3.93. The van der Waals surface area contributed by atoms with Crippen LogP contribution in [0.3, 0.4) is 0 Å². The van der Waals surface area contributed by atoms with Crippen LogP contribution in [0.5, 0.6) is 0 Å². The third-order valence-electron chi connectivity index (χ3n) is 2.48. The first-order valence-corrected chi connectivity index (χ1v) is 13.0. The highest BCUT2D eigenvalue weighted by Gasteiger charge is 2.17. The van der Waals surface area contributed by atoms with Gasteiger partial charge in [0.1, 0.15) is 0 Å². The summed E-state index contributed by atoms with van der Waals surface area (Å²) in [5.41, 5.74) is 1.32. The van der Waals surface area contributed by atoms with E-state index in [1.807, 2.05) is 36.4 Å². The Hall–Kier alpha value is 0.140. The summed E-state index contributed by atoms with van der Waals surface area (Å²) in [5, 5.41) is 2.09. The van der Waals surface area contributed by atoms with Crippen molar-refractivity contribution in [3.05, 3.63) is 66.2 Å². The van der Waals surface area contributed by atoms with Crippen molar-refractivity contribution in [2.75, 3.05) is 11.3 Å². The van der Waals surface area contributed by atoms with Crippen LogP contribution >= 0.6 is 39.8 Å². The molecule has 0 saturated heterocycles. The third kappa shape index (κ3) is 6.28. The highest BCUT2D eigenvalue weighted by atomic mass is 33.2. The standard InChI is InChI=1S/C8H11PS4.C7H8/c1-12-9(11,13-7-10)8-5-3-2-4-6-8;1-7-5-3-2-4-6-7/h2-6,10H,7H2,1H3;2-6H,1H3. The predicted molar refractivity (Wildman–Crippen MR) is 106 cm³/mol. The van der Waals surface area contributed by atoms with E-state index < -0.39 is 4.44 Å². The molecule has 1 unspecified atom stereocenters. The molecule has 2 aromatic rings. The van der Waals surface area contributed by atoms with Gasteiger partial charge in [-0.15, -0.1) is 11.4 Å². The smallest absolute Gasteiger partial charge is 0.0855 e. The number of benzene rings is 2. The molecule has 0 heterocycles. The Kier molecular flexibility index (Phi) is 9.06. The van der Waals surface area contributed by atoms with Crippen molar-refractivity contribution in [3.63, 3.8) is 0 Å². The molecule has 2 rings (SSSR count). The minimum Gasteiger partial charge on any atom is -0.168 e. The summed E-state index contributed by atoms with van der Waals surface area (Å²) in [6.07, 6.45) is 2.09. The molecule has 0 radical (unpaired) electrons. The number of rotatable bonds is 4. The molecule has 0 nitrogen and oxygen atoms in total. The first-order valence-electron chi connectivity index (χ1n) is 6.11. The zero-order chi connectivity index (χ0) is 14.8. The Morgan fingerprint density at radius 2 is 1.50 bits per heavy atom. The van der Waals surface area contributed by atoms with Gasteiger partial charge in [0, 0.05) is 10.4 Å². The van der Waals surface area contributed by atoms with Gasteiger partial charge in [-0.05, 0) is 13.2 Å². The summed E-state index contributed by atoms with van der Waals surface area (Å²) in [6, 6.07) is 20.6. The predicted octanol–water partition coefficient (Wildman–Crippen LogP) is 5.60. The molecule has 0 aliphatic carbocycles. The van der Waals surface area contributed by atoms with Gasteiger partial charge in [0.15, 0.2) is 0 Å². The van der Waals surface area contributed by atoms with Gasteiger partial charge >= 0.3 is 0 Å². The average Bonchev–Trinajstić information content (AvgIpc) is 2.50. The maximum Gasteiger partial charge on any atom is 0.0855 e. The van der Waals surface area contributed by atoms with Gasteiger partial charge < -0.3 is 0 Å². The van der Waals surface area contributed by atoms with E-state index in [-0.39, 0.29) is 0 Å². The minimum atomic E-state index is -1.46. The van der Waals surface area contributed by atoms with Crippen LogP contribution in [0.15, 0.2) is 60.7 Å². The highest BCUT2D eigenvalue weighted by Crippen LogP contribution is 2.67. The molecule has 0 aliphatic rings. The molecule has 5 heteroatoms. The van der Waals surface area contributed by atoms with Crippen LogP contribution < -0.4 is 5.30 Å². The quantitative estimate of drug-likeness (QED) is 0.429. The maximum atomic E-state index is 5.66. The van der Waals surface area contributed by atoms with Gasteiger partial charge in [0.05, 0.1) is 4.44 Å². The lowest BCUT2D eigenvalue weighted by Crippen LogP contribution is -1.97. The lowest BCUT2D eigenvalue weighted by atomic mass is 10.2. The molecule has 0 fully saturated rings.